The summed E-state index contributed by atoms with van der Waals surface area (Å²) in [5.74, 6) is 1.67. The maximum Gasteiger partial charge on any atom is 0.127 e. The van der Waals surface area contributed by atoms with Crippen LogP contribution in [0.1, 0.15) is 33.4 Å². The molecule has 0 saturated carbocycles. The standard InChI is InChI=1S/C40H30O2/c1-3-15-29(16-4-1)27-41-37-25-13-11-23-35(37)40(36-24-12-14-26-38(36)42-28-30-17-5-2-6-18-30)39-33-21-9-7-19-31(33)32-20-8-10-22-34(32)39/h1-26H,27-28H2. The lowest BCUT2D eigenvalue weighted by molar-refractivity contribution is 0.304. The maximum atomic E-state index is 6.56. The van der Waals surface area contributed by atoms with E-state index in [1.165, 1.54) is 27.8 Å². The van der Waals surface area contributed by atoms with Gasteiger partial charge in [-0.15, -0.1) is 0 Å². The summed E-state index contributed by atoms with van der Waals surface area (Å²) in [7, 11) is 0. The smallest absolute Gasteiger partial charge is 0.127 e. The first-order valence-corrected chi connectivity index (χ1v) is 14.3. The second-order valence-electron chi connectivity index (χ2n) is 10.4. The van der Waals surface area contributed by atoms with Crippen LogP contribution in [0.15, 0.2) is 158 Å². The minimum Gasteiger partial charge on any atom is -0.488 e. The van der Waals surface area contributed by atoms with Gasteiger partial charge in [0, 0.05) is 16.7 Å². The first-order chi connectivity index (χ1) is 20.9. The lowest BCUT2D eigenvalue weighted by Gasteiger charge is -2.21. The van der Waals surface area contributed by atoms with Gasteiger partial charge in [0.15, 0.2) is 0 Å². The molecule has 7 rings (SSSR count). The van der Waals surface area contributed by atoms with E-state index in [4.69, 9.17) is 9.47 Å². The molecule has 2 nitrogen and oxygen atoms in total. The van der Waals surface area contributed by atoms with Gasteiger partial charge < -0.3 is 9.47 Å². The van der Waals surface area contributed by atoms with Crippen LogP contribution >= 0.6 is 0 Å². The Bertz CT molecular complexity index is 1730. The second kappa shape index (κ2) is 11.6. The highest BCUT2D eigenvalue weighted by Gasteiger charge is 2.29. The van der Waals surface area contributed by atoms with Crippen molar-refractivity contribution in [1.29, 1.82) is 0 Å². The summed E-state index contributed by atoms with van der Waals surface area (Å²) in [6, 6.07) is 54.7. The van der Waals surface area contributed by atoms with Crippen LogP contribution in [0, 0.1) is 0 Å². The minimum absolute atomic E-state index is 0.486. The predicted octanol–water partition coefficient (Wildman–Crippen LogP) is 9.83. The van der Waals surface area contributed by atoms with Crippen LogP contribution in [0.25, 0.3) is 22.3 Å². The zero-order valence-corrected chi connectivity index (χ0v) is 23.2. The van der Waals surface area contributed by atoms with Crippen molar-refractivity contribution in [1.82, 2.24) is 0 Å². The van der Waals surface area contributed by atoms with Crippen molar-refractivity contribution >= 4 is 11.1 Å². The van der Waals surface area contributed by atoms with Crippen LogP contribution in [0.3, 0.4) is 0 Å². The van der Waals surface area contributed by atoms with Crippen molar-refractivity contribution in [3.05, 3.63) is 191 Å². The molecule has 0 saturated heterocycles. The normalized spacial score (nSPS) is 11.5. The van der Waals surface area contributed by atoms with Crippen LogP contribution in [-0.4, -0.2) is 0 Å². The molecule has 1 aliphatic rings. The number of fused-ring (bicyclic) bond motifs is 3. The molecule has 0 fully saturated rings. The predicted molar refractivity (Wildman–Crippen MR) is 171 cm³/mol. The molecule has 1 aliphatic carbocycles. The molecule has 0 atom stereocenters. The van der Waals surface area contributed by atoms with Crippen molar-refractivity contribution in [2.75, 3.05) is 0 Å². The van der Waals surface area contributed by atoms with E-state index in [2.05, 4.69) is 109 Å². The van der Waals surface area contributed by atoms with E-state index < -0.39 is 0 Å². The Kier molecular flexibility index (Phi) is 7.10. The fourth-order valence-electron chi connectivity index (χ4n) is 5.77. The first kappa shape index (κ1) is 25.6. The van der Waals surface area contributed by atoms with Crippen LogP contribution in [0.2, 0.25) is 0 Å². The van der Waals surface area contributed by atoms with Crippen LogP contribution in [-0.2, 0) is 13.2 Å². The average molecular weight is 543 g/mol. The zero-order chi connectivity index (χ0) is 28.1. The van der Waals surface area contributed by atoms with Crippen LogP contribution in [0.4, 0.5) is 0 Å². The number of benzene rings is 6. The van der Waals surface area contributed by atoms with E-state index in [1.54, 1.807) is 0 Å². The molecule has 6 aromatic rings. The van der Waals surface area contributed by atoms with Gasteiger partial charge in [-0.1, -0.05) is 146 Å². The summed E-state index contributed by atoms with van der Waals surface area (Å²) in [4.78, 5) is 0. The highest BCUT2D eigenvalue weighted by atomic mass is 16.5. The Labute approximate surface area is 247 Å². The summed E-state index contributed by atoms with van der Waals surface area (Å²) >= 11 is 0. The molecule has 6 aromatic carbocycles. The topological polar surface area (TPSA) is 18.5 Å². The molecular weight excluding hydrogens is 512 g/mol. The lowest BCUT2D eigenvalue weighted by Crippen LogP contribution is -2.03. The van der Waals surface area contributed by atoms with E-state index in [9.17, 15) is 0 Å². The summed E-state index contributed by atoms with van der Waals surface area (Å²) in [6.45, 7) is 0.972. The first-order valence-electron chi connectivity index (χ1n) is 14.3. The van der Waals surface area contributed by atoms with Crippen molar-refractivity contribution in [3.8, 4) is 22.6 Å². The van der Waals surface area contributed by atoms with Crippen LogP contribution in [0.5, 0.6) is 11.5 Å². The molecule has 0 spiro atoms. The maximum absolute atomic E-state index is 6.56. The third-order valence-corrected chi connectivity index (χ3v) is 7.72. The highest BCUT2D eigenvalue weighted by molar-refractivity contribution is 6.14. The second-order valence-corrected chi connectivity index (χ2v) is 10.4. The van der Waals surface area contributed by atoms with Gasteiger partial charge >= 0.3 is 0 Å². The molecule has 0 N–H and O–H groups in total. The number of para-hydroxylation sites is 2. The summed E-state index contributed by atoms with van der Waals surface area (Å²) in [5, 5.41) is 0. The molecule has 2 heteroatoms. The number of ether oxygens (including phenoxy) is 2. The molecular formula is C40H30O2. The Morgan fingerprint density at radius 3 is 1.17 bits per heavy atom. The summed E-state index contributed by atoms with van der Waals surface area (Å²) in [5.41, 5.74) is 11.5. The van der Waals surface area contributed by atoms with Gasteiger partial charge in [0.05, 0.1) is 0 Å². The molecule has 0 amide bonds. The average Bonchev–Trinajstić information content (AvgIpc) is 3.39. The van der Waals surface area contributed by atoms with Gasteiger partial charge in [-0.05, 0) is 51.1 Å². The Morgan fingerprint density at radius 1 is 0.357 bits per heavy atom. The van der Waals surface area contributed by atoms with E-state index in [1.807, 2.05) is 48.5 Å². The largest absolute Gasteiger partial charge is 0.488 e. The monoisotopic (exact) mass is 542 g/mol. The van der Waals surface area contributed by atoms with Crippen molar-refractivity contribution in [2.24, 2.45) is 0 Å². The highest BCUT2D eigenvalue weighted by Crippen LogP contribution is 2.51. The molecule has 0 bridgehead atoms. The Balaban J connectivity index is 1.44. The van der Waals surface area contributed by atoms with Crippen molar-refractivity contribution < 1.29 is 9.47 Å². The van der Waals surface area contributed by atoms with E-state index in [-0.39, 0.29) is 0 Å². The van der Waals surface area contributed by atoms with Gasteiger partial charge in [-0.25, -0.2) is 0 Å². The molecule has 0 heterocycles. The SMILES string of the molecule is c1ccc(COc2ccccc2C(=C2c3ccccc3-c3ccccc32)c2ccccc2OCc2ccccc2)cc1. The van der Waals surface area contributed by atoms with E-state index in [0.717, 1.165) is 39.3 Å². The van der Waals surface area contributed by atoms with Crippen molar-refractivity contribution in [3.63, 3.8) is 0 Å². The lowest BCUT2D eigenvalue weighted by atomic mass is 9.87. The van der Waals surface area contributed by atoms with Gasteiger partial charge in [0.25, 0.3) is 0 Å². The quantitative estimate of drug-likeness (QED) is 0.190. The van der Waals surface area contributed by atoms with E-state index in [0.29, 0.717) is 13.2 Å². The zero-order valence-electron chi connectivity index (χ0n) is 23.2. The number of hydrogen-bond donors (Lipinski definition) is 0. The van der Waals surface area contributed by atoms with Gasteiger partial charge in [0.1, 0.15) is 24.7 Å². The molecule has 0 aliphatic heterocycles. The summed E-state index contributed by atoms with van der Waals surface area (Å²) < 4.78 is 13.1. The van der Waals surface area contributed by atoms with Gasteiger partial charge in [-0.2, -0.15) is 0 Å². The van der Waals surface area contributed by atoms with Crippen molar-refractivity contribution in [2.45, 2.75) is 13.2 Å². The fraction of sp³-hybridized carbons (Fsp3) is 0.0500. The van der Waals surface area contributed by atoms with Crippen LogP contribution < -0.4 is 9.47 Å². The Hall–Kier alpha value is -5.34. The molecule has 0 aromatic heterocycles. The fourth-order valence-corrected chi connectivity index (χ4v) is 5.77. The summed E-state index contributed by atoms with van der Waals surface area (Å²) in [6.07, 6.45) is 0. The molecule has 42 heavy (non-hydrogen) atoms. The number of hydrogen-bond acceptors (Lipinski definition) is 2. The third kappa shape index (κ3) is 5.00. The van der Waals surface area contributed by atoms with E-state index >= 15 is 0 Å². The van der Waals surface area contributed by atoms with Gasteiger partial charge in [0.2, 0.25) is 0 Å². The molecule has 202 valence electrons. The van der Waals surface area contributed by atoms with Gasteiger partial charge in [-0.3, -0.25) is 0 Å². The third-order valence-electron chi connectivity index (χ3n) is 7.72. The minimum atomic E-state index is 0.486. The molecule has 0 radical (unpaired) electrons. The Morgan fingerprint density at radius 2 is 0.714 bits per heavy atom. The number of rotatable bonds is 8. The molecule has 0 unspecified atom stereocenters.